The predicted molar refractivity (Wildman–Crippen MR) is 56.7 cm³/mol. The van der Waals surface area contributed by atoms with Gasteiger partial charge in [0.2, 0.25) is 0 Å². The van der Waals surface area contributed by atoms with E-state index in [1.165, 1.54) is 18.1 Å². The Morgan fingerprint density at radius 3 is 2.14 bits per heavy atom. The number of rotatable bonds is 1. The van der Waals surface area contributed by atoms with E-state index in [-0.39, 0.29) is 5.97 Å². The zero-order valence-electron chi connectivity index (χ0n) is 9.39. The lowest BCUT2D eigenvalue weighted by atomic mass is 10.00. The smallest absolute Gasteiger partial charge is 0.308 e. The minimum absolute atomic E-state index is 0.264. The fraction of sp³-hybridized carbons (Fsp3) is 0.417. The van der Waals surface area contributed by atoms with E-state index in [1.807, 2.05) is 26.8 Å². The van der Waals surface area contributed by atoms with Crippen LogP contribution in [0.1, 0.15) is 29.2 Å². The molecule has 14 heavy (non-hydrogen) atoms. The van der Waals surface area contributed by atoms with E-state index >= 15 is 0 Å². The van der Waals surface area contributed by atoms with Crippen LogP contribution in [0.3, 0.4) is 0 Å². The first-order valence-electron chi connectivity index (χ1n) is 4.69. The molecule has 0 heterocycles. The van der Waals surface area contributed by atoms with Crippen molar-refractivity contribution >= 4 is 5.97 Å². The molecule has 0 unspecified atom stereocenters. The van der Waals surface area contributed by atoms with E-state index in [0.29, 0.717) is 5.75 Å². The van der Waals surface area contributed by atoms with Gasteiger partial charge in [0.15, 0.2) is 0 Å². The van der Waals surface area contributed by atoms with E-state index in [1.54, 1.807) is 0 Å². The second kappa shape index (κ2) is 3.82. The fourth-order valence-corrected chi connectivity index (χ4v) is 1.56. The third-order valence-corrected chi connectivity index (χ3v) is 2.53. The van der Waals surface area contributed by atoms with Gasteiger partial charge in [-0.15, -0.1) is 0 Å². The number of benzene rings is 1. The van der Waals surface area contributed by atoms with E-state index in [4.69, 9.17) is 4.74 Å². The van der Waals surface area contributed by atoms with Gasteiger partial charge in [-0.2, -0.15) is 0 Å². The van der Waals surface area contributed by atoms with Crippen LogP contribution >= 0.6 is 0 Å². The Morgan fingerprint density at radius 1 is 1.07 bits per heavy atom. The highest BCUT2D eigenvalue weighted by Crippen LogP contribution is 2.28. The predicted octanol–water partition coefficient (Wildman–Crippen LogP) is 2.85. The van der Waals surface area contributed by atoms with E-state index in [0.717, 1.165) is 11.1 Å². The summed E-state index contributed by atoms with van der Waals surface area (Å²) in [6, 6.07) is 2.04. The van der Waals surface area contributed by atoms with Crippen molar-refractivity contribution in [1.82, 2.24) is 0 Å². The molecule has 0 saturated heterocycles. The number of carbonyl (C=O) groups excluding carboxylic acids is 1. The standard InChI is InChI=1S/C12H16O2/c1-7-6-8(2)12(14-11(5)13)10(4)9(7)3/h6H,1-5H3. The maximum Gasteiger partial charge on any atom is 0.308 e. The molecule has 0 bridgehead atoms. The SMILES string of the molecule is CC(=O)Oc1c(C)cc(C)c(C)c1C. The molecule has 0 radical (unpaired) electrons. The molecule has 0 aliphatic rings. The first-order chi connectivity index (χ1) is 6.43. The van der Waals surface area contributed by atoms with Crippen molar-refractivity contribution in [3.63, 3.8) is 0 Å². The summed E-state index contributed by atoms with van der Waals surface area (Å²) in [5, 5.41) is 0. The molecular weight excluding hydrogens is 176 g/mol. The molecule has 0 aromatic heterocycles. The third kappa shape index (κ3) is 1.95. The average molecular weight is 192 g/mol. The summed E-state index contributed by atoms with van der Waals surface area (Å²) in [5.74, 6) is 0.444. The Kier molecular flexibility index (Phi) is 2.94. The molecular formula is C12H16O2. The molecule has 0 aliphatic carbocycles. The average Bonchev–Trinajstić information content (AvgIpc) is 2.09. The lowest BCUT2D eigenvalue weighted by Gasteiger charge is -2.13. The fourth-order valence-electron chi connectivity index (χ4n) is 1.56. The lowest BCUT2D eigenvalue weighted by molar-refractivity contribution is -0.131. The Labute approximate surface area is 84.9 Å². The van der Waals surface area contributed by atoms with Crippen LogP contribution in [-0.2, 0) is 4.79 Å². The van der Waals surface area contributed by atoms with Gasteiger partial charge in [0, 0.05) is 6.92 Å². The molecule has 1 rings (SSSR count). The van der Waals surface area contributed by atoms with Crippen molar-refractivity contribution in [2.45, 2.75) is 34.6 Å². The van der Waals surface area contributed by atoms with Crippen LogP contribution in [0.2, 0.25) is 0 Å². The van der Waals surface area contributed by atoms with E-state index < -0.39 is 0 Å². The molecule has 0 aliphatic heterocycles. The maximum absolute atomic E-state index is 10.9. The first-order valence-corrected chi connectivity index (χ1v) is 4.69. The monoisotopic (exact) mass is 192 g/mol. The van der Waals surface area contributed by atoms with E-state index in [9.17, 15) is 4.79 Å². The Hall–Kier alpha value is -1.31. The molecule has 1 aromatic carbocycles. The van der Waals surface area contributed by atoms with Crippen LogP contribution in [0.5, 0.6) is 5.75 Å². The summed E-state index contributed by atoms with van der Waals surface area (Å²) in [6.07, 6.45) is 0. The Morgan fingerprint density at radius 2 is 1.64 bits per heavy atom. The van der Waals surface area contributed by atoms with Crippen molar-refractivity contribution in [3.05, 3.63) is 28.3 Å². The minimum Gasteiger partial charge on any atom is -0.426 e. The maximum atomic E-state index is 10.9. The molecule has 0 atom stereocenters. The van der Waals surface area contributed by atoms with Gasteiger partial charge in [-0.3, -0.25) is 4.79 Å². The van der Waals surface area contributed by atoms with Crippen molar-refractivity contribution in [3.8, 4) is 5.75 Å². The zero-order valence-corrected chi connectivity index (χ0v) is 9.39. The quantitative estimate of drug-likeness (QED) is 0.505. The molecule has 0 spiro atoms. The molecule has 1 aromatic rings. The Bertz CT molecular complexity index is 378. The molecule has 0 amide bonds. The molecule has 0 saturated carbocycles. The van der Waals surface area contributed by atoms with Crippen molar-refractivity contribution < 1.29 is 9.53 Å². The van der Waals surface area contributed by atoms with Crippen molar-refractivity contribution in [1.29, 1.82) is 0 Å². The van der Waals surface area contributed by atoms with Gasteiger partial charge in [0.1, 0.15) is 5.75 Å². The summed E-state index contributed by atoms with van der Waals surface area (Å²) in [7, 11) is 0. The molecule has 0 fully saturated rings. The number of hydrogen-bond donors (Lipinski definition) is 0. The normalized spacial score (nSPS) is 10.1. The van der Waals surface area contributed by atoms with Crippen LogP contribution in [0.15, 0.2) is 6.07 Å². The third-order valence-electron chi connectivity index (χ3n) is 2.53. The van der Waals surface area contributed by atoms with Crippen molar-refractivity contribution in [2.24, 2.45) is 0 Å². The van der Waals surface area contributed by atoms with Gasteiger partial charge in [0.05, 0.1) is 0 Å². The summed E-state index contributed by atoms with van der Waals surface area (Å²) < 4.78 is 5.17. The molecule has 0 N–H and O–H groups in total. The summed E-state index contributed by atoms with van der Waals surface area (Å²) in [4.78, 5) is 10.9. The highest BCUT2D eigenvalue weighted by molar-refractivity contribution is 5.70. The summed E-state index contributed by atoms with van der Waals surface area (Å²) in [6.45, 7) is 9.46. The topological polar surface area (TPSA) is 26.3 Å². The van der Waals surface area contributed by atoms with Crippen LogP contribution in [0.4, 0.5) is 0 Å². The number of hydrogen-bond acceptors (Lipinski definition) is 2. The van der Waals surface area contributed by atoms with Gasteiger partial charge in [-0.1, -0.05) is 6.07 Å². The number of ether oxygens (including phenoxy) is 1. The van der Waals surface area contributed by atoms with Crippen LogP contribution in [0.25, 0.3) is 0 Å². The van der Waals surface area contributed by atoms with Crippen LogP contribution < -0.4 is 4.74 Å². The molecule has 2 nitrogen and oxygen atoms in total. The second-order valence-electron chi connectivity index (χ2n) is 3.68. The minimum atomic E-state index is -0.264. The van der Waals surface area contributed by atoms with Gasteiger partial charge in [0.25, 0.3) is 0 Å². The van der Waals surface area contributed by atoms with Crippen molar-refractivity contribution in [2.75, 3.05) is 0 Å². The highest BCUT2D eigenvalue weighted by atomic mass is 16.5. The number of carbonyl (C=O) groups is 1. The number of esters is 1. The largest absolute Gasteiger partial charge is 0.426 e. The summed E-state index contributed by atoms with van der Waals surface area (Å²) in [5.41, 5.74) is 4.49. The zero-order chi connectivity index (χ0) is 10.9. The molecule has 2 heteroatoms. The molecule has 76 valence electrons. The lowest BCUT2D eigenvalue weighted by Crippen LogP contribution is -2.06. The van der Waals surface area contributed by atoms with Gasteiger partial charge < -0.3 is 4.74 Å². The van der Waals surface area contributed by atoms with Gasteiger partial charge in [-0.25, -0.2) is 0 Å². The second-order valence-corrected chi connectivity index (χ2v) is 3.68. The highest BCUT2D eigenvalue weighted by Gasteiger charge is 2.10. The van der Waals surface area contributed by atoms with Gasteiger partial charge in [-0.05, 0) is 49.9 Å². The van der Waals surface area contributed by atoms with Crippen LogP contribution in [0, 0.1) is 27.7 Å². The first kappa shape index (κ1) is 10.8. The van der Waals surface area contributed by atoms with Gasteiger partial charge >= 0.3 is 5.97 Å². The van der Waals surface area contributed by atoms with Crippen LogP contribution in [-0.4, -0.2) is 5.97 Å². The Balaban J connectivity index is 3.29. The van der Waals surface area contributed by atoms with E-state index in [2.05, 4.69) is 6.92 Å². The summed E-state index contributed by atoms with van der Waals surface area (Å²) >= 11 is 0. The number of aryl methyl sites for hydroxylation is 2.